The topological polar surface area (TPSA) is 89.7 Å². The largest absolute Gasteiger partial charge is 0.368 e. The molecule has 0 bridgehead atoms. The van der Waals surface area contributed by atoms with E-state index in [1.807, 2.05) is 0 Å². The number of carbonyl (C=O) groups excluding carboxylic acids is 1. The lowest BCUT2D eigenvalue weighted by atomic mass is 10.1. The van der Waals surface area contributed by atoms with Gasteiger partial charge in [0, 0.05) is 19.3 Å². The number of primary sulfonamides is 1. The lowest BCUT2D eigenvalue weighted by molar-refractivity contribution is -0.132. The highest BCUT2D eigenvalue weighted by Gasteiger charge is 2.25. The Morgan fingerprint density at radius 1 is 1.30 bits per heavy atom. The van der Waals surface area contributed by atoms with Crippen LogP contribution in [0.4, 0.5) is 5.69 Å². The van der Waals surface area contributed by atoms with Crippen LogP contribution in [0.1, 0.15) is 19.3 Å². The minimum Gasteiger partial charge on any atom is -0.368 e. The highest BCUT2D eigenvalue weighted by molar-refractivity contribution is 7.89. The monoisotopic (exact) mass is 298 g/mol. The number of benzene rings is 1. The molecule has 1 fully saturated rings. The summed E-state index contributed by atoms with van der Waals surface area (Å²) in [4.78, 5) is 13.7. The van der Waals surface area contributed by atoms with E-state index in [4.69, 9.17) is 9.88 Å². The molecule has 1 saturated heterocycles. The van der Waals surface area contributed by atoms with Gasteiger partial charge in [-0.3, -0.25) is 4.79 Å². The Labute approximate surface area is 118 Å². The SMILES string of the molecule is CN(C(=O)C1CCCCO1)c1ccc(S(N)(=O)=O)cc1. The zero-order chi connectivity index (χ0) is 14.8. The number of nitrogens with zero attached hydrogens (tertiary/aromatic N) is 1. The van der Waals surface area contributed by atoms with E-state index >= 15 is 0 Å². The van der Waals surface area contributed by atoms with Crippen molar-refractivity contribution in [1.29, 1.82) is 0 Å². The molecule has 1 amide bonds. The van der Waals surface area contributed by atoms with E-state index in [1.54, 1.807) is 19.2 Å². The van der Waals surface area contributed by atoms with Gasteiger partial charge in [0.2, 0.25) is 10.0 Å². The van der Waals surface area contributed by atoms with Crippen LogP contribution in [0.3, 0.4) is 0 Å². The van der Waals surface area contributed by atoms with Gasteiger partial charge in [0.1, 0.15) is 6.10 Å². The summed E-state index contributed by atoms with van der Waals surface area (Å²) in [5.74, 6) is -0.118. The van der Waals surface area contributed by atoms with E-state index in [2.05, 4.69) is 0 Å². The van der Waals surface area contributed by atoms with Crippen LogP contribution in [0.2, 0.25) is 0 Å². The molecule has 0 saturated carbocycles. The highest BCUT2D eigenvalue weighted by Crippen LogP contribution is 2.20. The number of anilines is 1. The zero-order valence-corrected chi connectivity index (χ0v) is 12.1. The Morgan fingerprint density at radius 2 is 1.95 bits per heavy atom. The van der Waals surface area contributed by atoms with Gasteiger partial charge in [-0.05, 0) is 43.5 Å². The fraction of sp³-hybridized carbons (Fsp3) is 0.462. The van der Waals surface area contributed by atoms with Gasteiger partial charge in [0.25, 0.3) is 5.91 Å². The number of hydrogen-bond donors (Lipinski definition) is 1. The molecule has 0 radical (unpaired) electrons. The van der Waals surface area contributed by atoms with Crippen LogP contribution in [0.15, 0.2) is 29.2 Å². The van der Waals surface area contributed by atoms with Crippen molar-refractivity contribution in [3.8, 4) is 0 Å². The Morgan fingerprint density at radius 3 is 2.45 bits per heavy atom. The van der Waals surface area contributed by atoms with E-state index in [9.17, 15) is 13.2 Å². The average molecular weight is 298 g/mol. The number of hydrogen-bond acceptors (Lipinski definition) is 4. The van der Waals surface area contributed by atoms with Crippen LogP contribution < -0.4 is 10.0 Å². The summed E-state index contributed by atoms with van der Waals surface area (Å²) in [6, 6.07) is 5.88. The molecule has 1 unspecified atom stereocenters. The minimum absolute atomic E-state index is 0.0241. The second-order valence-electron chi connectivity index (χ2n) is 4.79. The smallest absolute Gasteiger partial charge is 0.255 e. The molecule has 1 aliphatic heterocycles. The second kappa shape index (κ2) is 5.90. The highest BCUT2D eigenvalue weighted by atomic mass is 32.2. The minimum atomic E-state index is -3.71. The number of likely N-dealkylation sites (N-methyl/N-ethyl adjacent to an activating group) is 1. The first-order chi connectivity index (χ1) is 9.39. The van der Waals surface area contributed by atoms with Gasteiger partial charge in [-0.1, -0.05) is 0 Å². The molecular weight excluding hydrogens is 280 g/mol. The fourth-order valence-corrected chi connectivity index (χ4v) is 2.65. The molecule has 6 nitrogen and oxygen atoms in total. The molecule has 7 heteroatoms. The number of sulfonamides is 1. The molecule has 1 aromatic carbocycles. The van der Waals surface area contributed by atoms with Gasteiger partial charge in [-0.25, -0.2) is 13.6 Å². The molecule has 0 aliphatic carbocycles. The lowest BCUT2D eigenvalue weighted by Crippen LogP contribution is -2.39. The van der Waals surface area contributed by atoms with Gasteiger partial charge >= 0.3 is 0 Å². The maximum atomic E-state index is 12.2. The van der Waals surface area contributed by atoms with Gasteiger partial charge < -0.3 is 9.64 Å². The van der Waals surface area contributed by atoms with Crippen molar-refractivity contribution in [2.75, 3.05) is 18.6 Å². The summed E-state index contributed by atoms with van der Waals surface area (Å²) in [5, 5.41) is 5.03. The van der Waals surface area contributed by atoms with Crippen molar-refractivity contribution < 1.29 is 17.9 Å². The van der Waals surface area contributed by atoms with Gasteiger partial charge in [-0.15, -0.1) is 0 Å². The summed E-state index contributed by atoms with van der Waals surface area (Å²) >= 11 is 0. The van der Waals surface area contributed by atoms with Gasteiger partial charge in [0.15, 0.2) is 0 Å². The first-order valence-corrected chi connectivity index (χ1v) is 7.96. The quantitative estimate of drug-likeness (QED) is 0.896. The third kappa shape index (κ3) is 3.36. The van der Waals surface area contributed by atoms with Crippen molar-refractivity contribution in [3.63, 3.8) is 0 Å². The molecule has 2 rings (SSSR count). The van der Waals surface area contributed by atoms with Gasteiger partial charge in [0.05, 0.1) is 4.90 Å². The zero-order valence-electron chi connectivity index (χ0n) is 11.3. The summed E-state index contributed by atoms with van der Waals surface area (Å²) < 4.78 is 27.8. The molecule has 1 heterocycles. The lowest BCUT2D eigenvalue weighted by Gasteiger charge is -2.26. The van der Waals surface area contributed by atoms with Crippen molar-refractivity contribution in [2.24, 2.45) is 5.14 Å². The van der Waals surface area contributed by atoms with Crippen molar-refractivity contribution in [1.82, 2.24) is 0 Å². The van der Waals surface area contributed by atoms with E-state index < -0.39 is 16.1 Å². The first-order valence-electron chi connectivity index (χ1n) is 6.41. The van der Waals surface area contributed by atoms with Crippen LogP contribution in [-0.4, -0.2) is 34.1 Å². The third-order valence-corrected chi connectivity index (χ3v) is 4.27. The summed E-state index contributed by atoms with van der Waals surface area (Å²) in [7, 11) is -2.07. The normalized spacial score (nSPS) is 19.6. The summed E-state index contributed by atoms with van der Waals surface area (Å²) in [5.41, 5.74) is 0.608. The Kier molecular flexibility index (Phi) is 4.42. The number of nitrogens with two attached hydrogens (primary N) is 1. The Hall–Kier alpha value is -1.44. The average Bonchev–Trinajstić information content (AvgIpc) is 2.46. The van der Waals surface area contributed by atoms with E-state index in [1.165, 1.54) is 17.0 Å². The maximum Gasteiger partial charge on any atom is 0.255 e. The molecule has 110 valence electrons. The summed E-state index contributed by atoms with van der Waals surface area (Å²) in [6.45, 7) is 0.606. The van der Waals surface area contributed by atoms with Crippen LogP contribution in [0.5, 0.6) is 0 Å². The molecular formula is C13H18N2O4S. The molecule has 1 aliphatic rings. The van der Waals surface area contributed by atoms with Crippen molar-refractivity contribution in [3.05, 3.63) is 24.3 Å². The van der Waals surface area contributed by atoms with Gasteiger partial charge in [-0.2, -0.15) is 0 Å². The molecule has 1 atom stereocenters. The Balaban J connectivity index is 2.12. The van der Waals surface area contributed by atoms with E-state index in [-0.39, 0.29) is 10.8 Å². The van der Waals surface area contributed by atoms with Crippen LogP contribution in [-0.2, 0) is 19.6 Å². The molecule has 2 N–H and O–H groups in total. The van der Waals surface area contributed by atoms with Crippen LogP contribution in [0.25, 0.3) is 0 Å². The third-order valence-electron chi connectivity index (χ3n) is 3.34. The summed E-state index contributed by atoms with van der Waals surface area (Å²) in [6.07, 6.45) is 2.27. The Bertz CT molecular complexity index is 577. The van der Waals surface area contributed by atoms with Crippen LogP contribution >= 0.6 is 0 Å². The molecule has 0 aromatic heterocycles. The van der Waals surface area contributed by atoms with E-state index in [0.717, 1.165) is 19.3 Å². The predicted molar refractivity (Wildman–Crippen MR) is 74.8 cm³/mol. The van der Waals surface area contributed by atoms with Crippen LogP contribution in [0, 0.1) is 0 Å². The maximum absolute atomic E-state index is 12.2. The number of ether oxygens (including phenoxy) is 1. The number of rotatable bonds is 3. The van der Waals surface area contributed by atoms with E-state index in [0.29, 0.717) is 12.3 Å². The molecule has 0 spiro atoms. The second-order valence-corrected chi connectivity index (χ2v) is 6.35. The first kappa shape index (κ1) is 15.0. The fourth-order valence-electron chi connectivity index (χ4n) is 2.14. The number of amides is 1. The predicted octanol–water partition coefficient (Wildman–Crippen LogP) is 0.866. The van der Waals surface area contributed by atoms with Crippen molar-refractivity contribution >= 4 is 21.6 Å². The standard InChI is InChI=1S/C13H18N2O4S/c1-15(13(16)12-4-2-3-9-19-12)10-5-7-11(8-6-10)20(14,17)18/h5-8,12H,2-4,9H2,1H3,(H2,14,17,18). The molecule has 1 aromatic rings. The number of carbonyl (C=O) groups is 1. The van der Waals surface area contributed by atoms with Crippen molar-refractivity contribution in [2.45, 2.75) is 30.3 Å². The molecule has 20 heavy (non-hydrogen) atoms.